The molecule has 0 radical (unpaired) electrons. The molecule has 0 bridgehead atoms. The van der Waals surface area contributed by atoms with Crippen LogP contribution in [0.25, 0.3) is 10.9 Å². The number of nitrogens with one attached hydrogen (secondary N) is 1. The summed E-state index contributed by atoms with van der Waals surface area (Å²) in [6.07, 6.45) is 5.08. The van der Waals surface area contributed by atoms with Gasteiger partial charge in [0.2, 0.25) is 0 Å². The zero-order valence-corrected chi connectivity index (χ0v) is 10.9. The van der Waals surface area contributed by atoms with Crippen LogP contribution in [0.5, 0.6) is 0 Å². The van der Waals surface area contributed by atoms with Crippen LogP contribution in [-0.2, 0) is 0 Å². The molecule has 0 fully saturated rings. The maximum Gasteiger partial charge on any atom is 0.278 e. The van der Waals surface area contributed by atoms with E-state index in [-0.39, 0.29) is 10.6 Å². The smallest absolute Gasteiger partial charge is 0.278 e. The van der Waals surface area contributed by atoms with Crippen LogP contribution in [0.3, 0.4) is 0 Å². The lowest BCUT2D eigenvalue weighted by Crippen LogP contribution is -2.03. The number of benzene rings is 1. The summed E-state index contributed by atoms with van der Waals surface area (Å²) in [5, 5.41) is 14.9. The predicted molar refractivity (Wildman–Crippen MR) is 76.4 cm³/mol. The van der Waals surface area contributed by atoms with Crippen molar-refractivity contribution in [1.82, 2.24) is 4.98 Å². The van der Waals surface area contributed by atoms with Crippen molar-refractivity contribution >= 4 is 22.3 Å². The number of nitro benzene ring substituents is 1. The standard InChI is InChI=1S/C14H17N3O2/c1-2-3-4-9-15-12-7-8-13(17(18)19)11-6-5-10-16-14(11)12/h5-8,10,15H,2-4,9H2,1H3. The van der Waals surface area contributed by atoms with Crippen molar-refractivity contribution in [3.8, 4) is 0 Å². The fourth-order valence-electron chi connectivity index (χ4n) is 2.06. The van der Waals surface area contributed by atoms with Crippen molar-refractivity contribution in [2.24, 2.45) is 0 Å². The third-order valence-electron chi connectivity index (χ3n) is 3.04. The van der Waals surface area contributed by atoms with Crippen LogP contribution >= 0.6 is 0 Å². The number of pyridine rings is 1. The summed E-state index contributed by atoms with van der Waals surface area (Å²) in [6.45, 7) is 3.01. The second-order valence-corrected chi connectivity index (χ2v) is 4.42. The first-order valence-electron chi connectivity index (χ1n) is 6.50. The average Bonchev–Trinajstić information content (AvgIpc) is 2.43. The summed E-state index contributed by atoms with van der Waals surface area (Å²) in [5.41, 5.74) is 1.62. The van der Waals surface area contributed by atoms with E-state index in [9.17, 15) is 10.1 Å². The normalized spacial score (nSPS) is 10.6. The van der Waals surface area contributed by atoms with E-state index in [2.05, 4.69) is 17.2 Å². The molecule has 0 aliphatic rings. The van der Waals surface area contributed by atoms with Gasteiger partial charge < -0.3 is 5.32 Å². The molecule has 1 aromatic heterocycles. The quantitative estimate of drug-likeness (QED) is 0.487. The number of anilines is 1. The number of hydrogen-bond donors (Lipinski definition) is 1. The third kappa shape index (κ3) is 2.99. The number of nitro groups is 1. The molecule has 1 N–H and O–H groups in total. The second-order valence-electron chi connectivity index (χ2n) is 4.42. The Balaban J connectivity index is 2.30. The van der Waals surface area contributed by atoms with Gasteiger partial charge in [0.25, 0.3) is 5.69 Å². The van der Waals surface area contributed by atoms with Crippen molar-refractivity contribution < 1.29 is 4.92 Å². The van der Waals surface area contributed by atoms with Crippen molar-refractivity contribution in [1.29, 1.82) is 0 Å². The van der Waals surface area contributed by atoms with Crippen molar-refractivity contribution in [3.05, 3.63) is 40.6 Å². The van der Waals surface area contributed by atoms with E-state index in [0.717, 1.165) is 18.7 Å². The molecule has 0 aliphatic heterocycles. The van der Waals surface area contributed by atoms with E-state index in [1.807, 2.05) is 0 Å². The minimum Gasteiger partial charge on any atom is -0.383 e. The van der Waals surface area contributed by atoms with Crippen LogP contribution in [-0.4, -0.2) is 16.5 Å². The van der Waals surface area contributed by atoms with Gasteiger partial charge in [-0.05, 0) is 24.6 Å². The topological polar surface area (TPSA) is 68.1 Å². The van der Waals surface area contributed by atoms with Crippen molar-refractivity contribution in [2.45, 2.75) is 26.2 Å². The SMILES string of the molecule is CCCCCNc1ccc([N+](=O)[O-])c2cccnc12. The number of nitrogens with zero attached hydrogens (tertiary/aromatic N) is 2. The molecule has 5 heteroatoms. The highest BCUT2D eigenvalue weighted by atomic mass is 16.6. The second kappa shape index (κ2) is 6.13. The number of rotatable bonds is 6. The van der Waals surface area contributed by atoms with Crippen LogP contribution < -0.4 is 5.32 Å². The maximum atomic E-state index is 11.0. The Morgan fingerprint density at radius 2 is 2.16 bits per heavy atom. The Morgan fingerprint density at radius 1 is 1.32 bits per heavy atom. The van der Waals surface area contributed by atoms with Crippen LogP contribution in [0.4, 0.5) is 11.4 Å². The van der Waals surface area contributed by atoms with Gasteiger partial charge >= 0.3 is 0 Å². The molecule has 0 saturated heterocycles. The monoisotopic (exact) mass is 259 g/mol. The Bertz CT molecular complexity index is 584. The molecule has 5 nitrogen and oxygen atoms in total. The molecule has 0 atom stereocenters. The first-order chi connectivity index (χ1) is 9.24. The van der Waals surface area contributed by atoms with Crippen LogP contribution in [0.15, 0.2) is 30.5 Å². The first-order valence-corrected chi connectivity index (χ1v) is 6.50. The van der Waals surface area contributed by atoms with E-state index in [1.54, 1.807) is 24.4 Å². The lowest BCUT2D eigenvalue weighted by Gasteiger charge is -2.09. The Hall–Kier alpha value is -2.17. The summed E-state index contributed by atoms with van der Waals surface area (Å²) in [6, 6.07) is 6.72. The molecular weight excluding hydrogens is 242 g/mol. The minimum atomic E-state index is -0.370. The number of hydrogen-bond acceptors (Lipinski definition) is 4. The van der Waals surface area contributed by atoms with Crippen molar-refractivity contribution in [2.75, 3.05) is 11.9 Å². The van der Waals surface area contributed by atoms with Gasteiger partial charge in [0.15, 0.2) is 0 Å². The van der Waals surface area contributed by atoms with Gasteiger partial charge in [0.1, 0.15) is 5.52 Å². The summed E-state index contributed by atoms with van der Waals surface area (Å²) in [7, 11) is 0. The lowest BCUT2D eigenvalue weighted by atomic mass is 10.1. The Kier molecular flexibility index (Phi) is 4.28. The number of fused-ring (bicyclic) bond motifs is 1. The zero-order chi connectivity index (χ0) is 13.7. The predicted octanol–water partition coefficient (Wildman–Crippen LogP) is 3.75. The summed E-state index contributed by atoms with van der Waals surface area (Å²) < 4.78 is 0. The van der Waals surface area contributed by atoms with E-state index in [0.29, 0.717) is 10.9 Å². The molecule has 0 spiro atoms. The van der Waals surface area contributed by atoms with Gasteiger partial charge in [-0.2, -0.15) is 0 Å². The highest BCUT2D eigenvalue weighted by molar-refractivity contribution is 5.96. The fraction of sp³-hybridized carbons (Fsp3) is 0.357. The summed E-state index contributed by atoms with van der Waals surface area (Å²) in [5.74, 6) is 0. The van der Waals surface area contributed by atoms with Crippen LogP contribution in [0.2, 0.25) is 0 Å². The third-order valence-corrected chi connectivity index (χ3v) is 3.04. The lowest BCUT2D eigenvalue weighted by molar-refractivity contribution is -0.383. The maximum absolute atomic E-state index is 11.0. The number of non-ortho nitro benzene ring substituents is 1. The fourth-order valence-corrected chi connectivity index (χ4v) is 2.06. The molecule has 0 aliphatic carbocycles. The molecule has 0 saturated carbocycles. The highest BCUT2D eigenvalue weighted by Gasteiger charge is 2.14. The molecule has 1 aromatic carbocycles. The molecule has 100 valence electrons. The largest absolute Gasteiger partial charge is 0.383 e. The van der Waals surface area contributed by atoms with Gasteiger partial charge in [-0.3, -0.25) is 15.1 Å². The highest BCUT2D eigenvalue weighted by Crippen LogP contribution is 2.29. The van der Waals surface area contributed by atoms with Gasteiger partial charge in [-0.1, -0.05) is 19.8 Å². The summed E-state index contributed by atoms with van der Waals surface area (Å²) >= 11 is 0. The zero-order valence-electron chi connectivity index (χ0n) is 10.9. The van der Waals surface area contributed by atoms with Gasteiger partial charge in [-0.15, -0.1) is 0 Å². The molecule has 1 heterocycles. The molecule has 19 heavy (non-hydrogen) atoms. The van der Waals surface area contributed by atoms with Crippen molar-refractivity contribution in [3.63, 3.8) is 0 Å². The van der Waals surface area contributed by atoms with Gasteiger partial charge in [0.05, 0.1) is 16.0 Å². The van der Waals surface area contributed by atoms with E-state index < -0.39 is 0 Å². The first kappa shape index (κ1) is 13.3. The molecule has 2 aromatic rings. The van der Waals surface area contributed by atoms with Crippen LogP contribution in [0, 0.1) is 10.1 Å². The Labute approximate surface area is 111 Å². The molecular formula is C14H17N3O2. The summed E-state index contributed by atoms with van der Waals surface area (Å²) in [4.78, 5) is 14.9. The Morgan fingerprint density at radius 3 is 2.89 bits per heavy atom. The van der Waals surface area contributed by atoms with Gasteiger partial charge in [0, 0.05) is 18.8 Å². The van der Waals surface area contributed by atoms with Crippen LogP contribution in [0.1, 0.15) is 26.2 Å². The minimum absolute atomic E-state index is 0.0993. The van der Waals surface area contributed by atoms with Gasteiger partial charge in [-0.25, -0.2) is 0 Å². The number of unbranched alkanes of at least 4 members (excludes halogenated alkanes) is 2. The number of aromatic nitrogens is 1. The van der Waals surface area contributed by atoms with E-state index in [4.69, 9.17) is 0 Å². The molecule has 2 rings (SSSR count). The molecule has 0 unspecified atom stereocenters. The van der Waals surface area contributed by atoms with E-state index in [1.165, 1.54) is 18.9 Å². The average molecular weight is 259 g/mol. The van der Waals surface area contributed by atoms with E-state index >= 15 is 0 Å². The molecule has 0 amide bonds.